The Kier molecular flexibility index (Phi) is 6.16. The first kappa shape index (κ1) is 13.6. The molecule has 4 nitrogen and oxygen atoms in total. The Morgan fingerprint density at radius 2 is 2.00 bits per heavy atom. The number of rotatable bonds is 4. The molecule has 1 amide bonds. The zero-order valence-electron chi connectivity index (χ0n) is 10.5. The fraction of sp³-hybridized carbons (Fsp3) is 0.692. The minimum absolute atomic E-state index is 0.223. The highest BCUT2D eigenvalue weighted by Crippen LogP contribution is 2.11. The van der Waals surface area contributed by atoms with Gasteiger partial charge in [0.1, 0.15) is 11.6 Å². The van der Waals surface area contributed by atoms with Crippen molar-refractivity contribution in [2.75, 3.05) is 19.6 Å². The van der Waals surface area contributed by atoms with Gasteiger partial charge in [-0.3, -0.25) is 4.79 Å². The van der Waals surface area contributed by atoms with Crippen molar-refractivity contribution < 1.29 is 4.79 Å². The summed E-state index contributed by atoms with van der Waals surface area (Å²) in [6.07, 6.45) is 7.38. The molecular formula is C13H21N3O. The molecule has 1 rings (SSSR count). The van der Waals surface area contributed by atoms with Gasteiger partial charge in [-0.1, -0.05) is 19.8 Å². The van der Waals surface area contributed by atoms with E-state index in [0.717, 1.165) is 32.4 Å². The van der Waals surface area contributed by atoms with Gasteiger partial charge < -0.3 is 10.2 Å². The third-order valence-electron chi connectivity index (χ3n) is 2.85. The largest absolute Gasteiger partial charge is 0.376 e. The van der Waals surface area contributed by atoms with Gasteiger partial charge in [0.2, 0.25) is 0 Å². The second-order valence-electron chi connectivity index (χ2n) is 4.36. The molecule has 0 atom stereocenters. The molecule has 1 fully saturated rings. The molecule has 4 heteroatoms. The molecule has 0 saturated carbocycles. The van der Waals surface area contributed by atoms with Crippen LogP contribution >= 0.6 is 0 Å². The van der Waals surface area contributed by atoms with Gasteiger partial charge in [-0.05, 0) is 19.3 Å². The molecule has 94 valence electrons. The number of hydrogen-bond acceptors (Lipinski definition) is 3. The van der Waals surface area contributed by atoms with Gasteiger partial charge >= 0.3 is 0 Å². The number of hydrogen-bond donors (Lipinski definition) is 1. The predicted molar refractivity (Wildman–Crippen MR) is 67.0 cm³/mol. The Morgan fingerprint density at radius 1 is 1.35 bits per heavy atom. The topological polar surface area (TPSA) is 56.1 Å². The molecule has 1 aliphatic rings. The van der Waals surface area contributed by atoms with Crippen molar-refractivity contribution in [1.82, 2.24) is 10.2 Å². The normalized spacial score (nSPS) is 17.2. The second kappa shape index (κ2) is 7.72. The maximum Gasteiger partial charge on any atom is 0.263 e. The molecule has 0 radical (unpaired) electrons. The average Bonchev–Trinajstić information content (AvgIpc) is 2.61. The summed E-state index contributed by atoms with van der Waals surface area (Å²) >= 11 is 0. The molecule has 1 heterocycles. The number of nitriles is 1. The van der Waals surface area contributed by atoms with Crippen LogP contribution < -0.4 is 5.32 Å². The predicted octanol–water partition coefficient (Wildman–Crippen LogP) is 1.80. The molecule has 0 unspecified atom stereocenters. The van der Waals surface area contributed by atoms with Gasteiger partial charge in [-0.15, -0.1) is 0 Å². The van der Waals surface area contributed by atoms with Crippen LogP contribution in [-0.2, 0) is 4.79 Å². The number of nitrogens with zero attached hydrogens (tertiary/aromatic N) is 2. The van der Waals surface area contributed by atoms with E-state index in [2.05, 4.69) is 10.2 Å². The molecule has 17 heavy (non-hydrogen) atoms. The Hall–Kier alpha value is -1.50. The monoisotopic (exact) mass is 235 g/mol. The lowest BCUT2D eigenvalue weighted by molar-refractivity contribution is -0.117. The van der Waals surface area contributed by atoms with E-state index in [9.17, 15) is 4.79 Å². The van der Waals surface area contributed by atoms with Gasteiger partial charge in [0.05, 0.1) is 0 Å². The van der Waals surface area contributed by atoms with E-state index in [1.807, 2.05) is 13.0 Å². The standard InChI is InChI=1S/C13H21N3O/c1-2-7-15-13(17)12(10-14)11-16-8-5-3-4-6-9-16/h11H,2-9H2,1H3,(H,15,17)/b12-11-. The molecule has 1 saturated heterocycles. The van der Waals surface area contributed by atoms with Crippen molar-refractivity contribution in [1.29, 1.82) is 5.26 Å². The zero-order valence-corrected chi connectivity index (χ0v) is 10.5. The minimum atomic E-state index is -0.251. The molecule has 0 aromatic rings. The van der Waals surface area contributed by atoms with Crippen LogP contribution in [0.2, 0.25) is 0 Å². The van der Waals surface area contributed by atoms with E-state index >= 15 is 0 Å². The lowest BCUT2D eigenvalue weighted by Crippen LogP contribution is -2.27. The third-order valence-corrected chi connectivity index (χ3v) is 2.85. The van der Waals surface area contributed by atoms with Crippen molar-refractivity contribution in [2.24, 2.45) is 0 Å². The van der Waals surface area contributed by atoms with Gasteiger partial charge in [0, 0.05) is 25.8 Å². The average molecular weight is 235 g/mol. The van der Waals surface area contributed by atoms with E-state index in [1.165, 1.54) is 12.8 Å². The molecule has 0 spiro atoms. The fourth-order valence-corrected chi connectivity index (χ4v) is 1.88. The lowest BCUT2D eigenvalue weighted by Gasteiger charge is -2.17. The van der Waals surface area contributed by atoms with Crippen LogP contribution in [0.4, 0.5) is 0 Å². The molecule has 1 aliphatic heterocycles. The summed E-state index contributed by atoms with van der Waals surface area (Å²) in [6, 6.07) is 1.99. The summed E-state index contributed by atoms with van der Waals surface area (Å²) in [5.74, 6) is -0.251. The van der Waals surface area contributed by atoms with Gasteiger partial charge in [-0.25, -0.2) is 0 Å². The van der Waals surface area contributed by atoms with Crippen LogP contribution in [0.3, 0.4) is 0 Å². The van der Waals surface area contributed by atoms with Gasteiger partial charge in [0.15, 0.2) is 0 Å². The highest BCUT2D eigenvalue weighted by atomic mass is 16.1. The molecule has 1 N–H and O–H groups in total. The van der Waals surface area contributed by atoms with Crippen molar-refractivity contribution in [2.45, 2.75) is 39.0 Å². The SMILES string of the molecule is CCCNC(=O)/C(C#N)=C\N1CCCCCC1. The van der Waals surface area contributed by atoms with Crippen LogP contribution in [0.1, 0.15) is 39.0 Å². The molecule has 0 aliphatic carbocycles. The second-order valence-corrected chi connectivity index (χ2v) is 4.36. The Bertz CT molecular complexity index is 309. The smallest absolute Gasteiger partial charge is 0.263 e. The van der Waals surface area contributed by atoms with Crippen molar-refractivity contribution in [3.63, 3.8) is 0 Å². The first-order valence-corrected chi connectivity index (χ1v) is 6.42. The molecule has 0 bridgehead atoms. The van der Waals surface area contributed by atoms with E-state index in [0.29, 0.717) is 6.54 Å². The van der Waals surface area contributed by atoms with Gasteiger partial charge in [0.25, 0.3) is 5.91 Å². The van der Waals surface area contributed by atoms with Crippen molar-refractivity contribution in [3.8, 4) is 6.07 Å². The first-order chi connectivity index (χ1) is 8.27. The van der Waals surface area contributed by atoms with E-state index in [4.69, 9.17) is 5.26 Å². The van der Waals surface area contributed by atoms with Gasteiger partial charge in [-0.2, -0.15) is 5.26 Å². The summed E-state index contributed by atoms with van der Waals surface area (Å²) in [5.41, 5.74) is 0.223. The Labute approximate surface area is 103 Å². The number of carbonyl (C=O) groups excluding carboxylic acids is 1. The summed E-state index contributed by atoms with van der Waals surface area (Å²) in [4.78, 5) is 13.8. The fourth-order valence-electron chi connectivity index (χ4n) is 1.88. The number of amides is 1. The van der Waals surface area contributed by atoms with E-state index in [1.54, 1.807) is 6.20 Å². The van der Waals surface area contributed by atoms with Crippen molar-refractivity contribution >= 4 is 5.91 Å². The maximum absolute atomic E-state index is 11.7. The van der Waals surface area contributed by atoms with Crippen LogP contribution in [0.15, 0.2) is 11.8 Å². The third kappa shape index (κ3) is 4.90. The summed E-state index contributed by atoms with van der Waals surface area (Å²) in [6.45, 7) is 4.52. The van der Waals surface area contributed by atoms with Crippen molar-refractivity contribution in [3.05, 3.63) is 11.8 Å². The lowest BCUT2D eigenvalue weighted by atomic mass is 10.2. The van der Waals surface area contributed by atoms with Crippen LogP contribution in [0, 0.1) is 11.3 Å². The van der Waals surface area contributed by atoms with Crippen LogP contribution in [0.25, 0.3) is 0 Å². The molecule has 0 aromatic heterocycles. The Morgan fingerprint density at radius 3 is 2.53 bits per heavy atom. The van der Waals surface area contributed by atoms with E-state index in [-0.39, 0.29) is 11.5 Å². The highest BCUT2D eigenvalue weighted by Gasteiger charge is 2.11. The first-order valence-electron chi connectivity index (χ1n) is 6.42. The summed E-state index contributed by atoms with van der Waals surface area (Å²) < 4.78 is 0. The van der Waals surface area contributed by atoms with Crippen LogP contribution in [-0.4, -0.2) is 30.4 Å². The minimum Gasteiger partial charge on any atom is -0.376 e. The number of nitrogens with one attached hydrogen (secondary N) is 1. The highest BCUT2D eigenvalue weighted by molar-refractivity contribution is 5.97. The zero-order chi connectivity index (χ0) is 12.5. The van der Waals surface area contributed by atoms with E-state index < -0.39 is 0 Å². The molecule has 0 aromatic carbocycles. The summed E-state index contributed by atoms with van der Waals surface area (Å²) in [7, 11) is 0. The summed E-state index contributed by atoms with van der Waals surface area (Å²) in [5, 5.41) is 11.7. The Balaban J connectivity index is 2.58. The van der Waals surface area contributed by atoms with Crippen LogP contribution in [0.5, 0.6) is 0 Å². The quantitative estimate of drug-likeness (QED) is 0.597. The maximum atomic E-state index is 11.7. The molecular weight excluding hydrogens is 214 g/mol. The number of carbonyl (C=O) groups is 1. The number of likely N-dealkylation sites (tertiary alicyclic amines) is 1.